The van der Waals surface area contributed by atoms with Crippen LogP contribution in [0.25, 0.3) is 0 Å². The number of amides is 2. The van der Waals surface area contributed by atoms with Gasteiger partial charge in [-0.3, -0.25) is 24.5 Å². The Morgan fingerprint density at radius 1 is 0.538 bits per heavy atom. The molecule has 0 radical (unpaired) electrons. The molecule has 0 saturated heterocycles. The van der Waals surface area contributed by atoms with E-state index in [1.807, 2.05) is 60.7 Å². The SMILES string of the molecule is O=C(CNCC(=O)NCCCCCC(=O)OCc1ccccc1)NCCCCCC(=O)OCc1ccccc1. The van der Waals surface area contributed by atoms with Crippen LogP contribution in [0, 0.1) is 0 Å². The molecule has 0 spiro atoms. The van der Waals surface area contributed by atoms with Crippen molar-refractivity contribution in [3.05, 3.63) is 71.8 Å². The fraction of sp³-hybridized carbons (Fsp3) is 0.467. The number of carbonyl (C=O) groups is 4. The minimum absolute atomic E-state index is 0.0598. The molecule has 9 heteroatoms. The summed E-state index contributed by atoms with van der Waals surface area (Å²) in [6, 6.07) is 19.1. The molecule has 0 fully saturated rings. The van der Waals surface area contributed by atoms with Gasteiger partial charge in [0.25, 0.3) is 0 Å². The number of carbonyl (C=O) groups excluding carboxylic acids is 4. The van der Waals surface area contributed by atoms with E-state index >= 15 is 0 Å². The van der Waals surface area contributed by atoms with E-state index in [0.717, 1.165) is 36.8 Å². The lowest BCUT2D eigenvalue weighted by Crippen LogP contribution is -2.40. The first kappa shape index (κ1) is 31.5. The van der Waals surface area contributed by atoms with E-state index < -0.39 is 0 Å². The van der Waals surface area contributed by atoms with Crippen LogP contribution in [-0.2, 0) is 41.9 Å². The Hall–Kier alpha value is -3.72. The Balaban J connectivity index is 1.34. The van der Waals surface area contributed by atoms with Crippen molar-refractivity contribution in [3.8, 4) is 0 Å². The van der Waals surface area contributed by atoms with Gasteiger partial charge in [-0.2, -0.15) is 0 Å². The van der Waals surface area contributed by atoms with E-state index in [4.69, 9.17) is 9.47 Å². The van der Waals surface area contributed by atoms with Gasteiger partial charge in [-0.05, 0) is 36.8 Å². The quantitative estimate of drug-likeness (QED) is 0.174. The minimum Gasteiger partial charge on any atom is -0.461 e. The lowest BCUT2D eigenvalue weighted by molar-refractivity contribution is -0.146. The van der Waals surface area contributed by atoms with Crippen LogP contribution in [-0.4, -0.2) is 49.9 Å². The van der Waals surface area contributed by atoms with Crippen molar-refractivity contribution in [1.82, 2.24) is 16.0 Å². The Morgan fingerprint density at radius 2 is 0.949 bits per heavy atom. The van der Waals surface area contributed by atoms with Crippen molar-refractivity contribution < 1.29 is 28.7 Å². The Morgan fingerprint density at radius 3 is 1.36 bits per heavy atom. The maximum Gasteiger partial charge on any atom is 0.306 e. The fourth-order valence-electron chi connectivity index (χ4n) is 3.63. The van der Waals surface area contributed by atoms with Gasteiger partial charge in [0.1, 0.15) is 13.2 Å². The molecule has 0 saturated carbocycles. The predicted molar refractivity (Wildman–Crippen MR) is 148 cm³/mol. The molecule has 2 amide bonds. The fourth-order valence-corrected chi connectivity index (χ4v) is 3.63. The van der Waals surface area contributed by atoms with Crippen LogP contribution >= 0.6 is 0 Å². The summed E-state index contributed by atoms with van der Waals surface area (Å²) in [5.74, 6) is -0.789. The van der Waals surface area contributed by atoms with Gasteiger partial charge in [0.05, 0.1) is 13.1 Å². The molecule has 0 aliphatic heterocycles. The molecule has 2 aromatic carbocycles. The summed E-state index contributed by atoms with van der Waals surface area (Å²) in [6.45, 7) is 1.73. The van der Waals surface area contributed by atoms with Crippen molar-refractivity contribution in [2.24, 2.45) is 0 Å². The summed E-state index contributed by atoms with van der Waals surface area (Å²) in [4.78, 5) is 47.3. The van der Waals surface area contributed by atoms with Crippen LogP contribution in [0.4, 0.5) is 0 Å². The smallest absolute Gasteiger partial charge is 0.306 e. The molecule has 2 rings (SSSR count). The maximum atomic E-state index is 11.9. The number of esters is 2. The van der Waals surface area contributed by atoms with Crippen LogP contribution in [0.3, 0.4) is 0 Å². The molecule has 2 aromatic rings. The molecular weight excluding hydrogens is 498 g/mol. The van der Waals surface area contributed by atoms with Crippen molar-refractivity contribution in [3.63, 3.8) is 0 Å². The second-order valence-corrected chi connectivity index (χ2v) is 9.22. The number of hydrogen-bond donors (Lipinski definition) is 3. The van der Waals surface area contributed by atoms with E-state index in [2.05, 4.69) is 16.0 Å². The van der Waals surface area contributed by atoms with Crippen LogP contribution in [0.15, 0.2) is 60.7 Å². The lowest BCUT2D eigenvalue weighted by atomic mass is 10.2. The Kier molecular flexibility index (Phi) is 16.4. The molecule has 0 aromatic heterocycles. The standard InChI is InChI=1S/C30H41N3O6/c34-27(32-19-11-3-9-17-29(36)38-23-25-13-5-1-6-14-25)21-31-22-28(35)33-20-12-4-10-18-30(37)39-24-26-15-7-2-8-16-26/h1-2,5-8,13-16,31H,3-4,9-12,17-24H2,(H,32,34)(H,33,35). The molecule has 9 nitrogen and oxygen atoms in total. The monoisotopic (exact) mass is 539 g/mol. The van der Waals surface area contributed by atoms with Gasteiger partial charge in [0.2, 0.25) is 11.8 Å². The van der Waals surface area contributed by atoms with E-state index in [1.54, 1.807) is 0 Å². The minimum atomic E-state index is -0.218. The molecule has 0 atom stereocenters. The van der Waals surface area contributed by atoms with E-state index in [1.165, 1.54) is 0 Å². The van der Waals surface area contributed by atoms with Gasteiger partial charge in [-0.25, -0.2) is 0 Å². The third kappa shape index (κ3) is 16.7. The summed E-state index contributed by atoms with van der Waals surface area (Å²) in [7, 11) is 0. The Bertz CT molecular complexity index is 905. The topological polar surface area (TPSA) is 123 Å². The maximum absolute atomic E-state index is 11.9. The highest BCUT2D eigenvalue weighted by Gasteiger charge is 2.06. The summed E-state index contributed by atoms with van der Waals surface area (Å²) < 4.78 is 10.5. The van der Waals surface area contributed by atoms with Gasteiger partial charge < -0.3 is 20.1 Å². The average molecular weight is 540 g/mol. The number of nitrogens with one attached hydrogen (secondary N) is 3. The average Bonchev–Trinajstić information content (AvgIpc) is 2.95. The van der Waals surface area contributed by atoms with E-state index in [-0.39, 0.29) is 50.1 Å². The molecule has 0 unspecified atom stereocenters. The van der Waals surface area contributed by atoms with E-state index in [0.29, 0.717) is 38.8 Å². The third-order valence-electron chi connectivity index (χ3n) is 5.82. The first-order valence-electron chi connectivity index (χ1n) is 13.7. The van der Waals surface area contributed by atoms with Crippen LogP contribution < -0.4 is 16.0 Å². The van der Waals surface area contributed by atoms with Crippen LogP contribution in [0.1, 0.15) is 62.5 Å². The van der Waals surface area contributed by atoms with Crippen LogP contribution in [0.2, 0.25) is 0 Å². The first-order chi connectivity index (χ1) is 19.0. The highest BCUT2D eigenvalue weighted by Crippen LogP contribution is 2.06. The highest BCUT2D eigenvalue weighted by atomic mass is 16.5. The third-order valence-corrected chi connectivity index (χ3v) is 5.82. The van der Waals surface area contributed by atoms with Gasteiger partial charge in [-0.15, -0.1) is 0 Å². The zero-order chi connectivity index (χ0) is 28.0. The summed E-state index contributed by atoms with van der Waals surface area (Å²) in [5, 5.41) is 8.42. The molecule has 3 N–H and O–H groups in total. The number of rotatable bonds is 20. The molecule has 0 aliphatic rings. The second kappa shape index (κ2) is 20.3. The normalized spacial score (nSPS) is 10.5. The molecule has 39 heavy (non-hydrogen) atoms. The predicted octanol–water partition coefficient (Wildman–Crippen LogP) is 3.42. The largest absolute Gasteiger partial charge is 0.461 e. The Labute approximate surface area is 231 Å². The zero-order valence-corrected chi connectivity index (χ0v) is 22.6. The lowest BCUT2D eigenvalue weighted by Gasteiger charge is -2.08. The zero-order valence-electron chi connectivity index (χ0n) is 22.6. The van der Waals surface area contributed by atoms with Crippen molar-refractivity contribution >= 4 is 23.8 Å². The van der Waals surface area contributed by atoms with Gasteiger partial charge >= 0.3 is 11.9 Å². The summed E-state index contributed by atoms with van der Waals surface area (Å²) >= 11 is 0. The van der Waals surface area contributed by atoms with Gasteiger partial charge in [-0.1, -0.05) is 73.5 Å². The number of ether oxygens (including phenoxy) is 2. The molecule has 0 bridgehead atoms. The van der Waals surface area contributed by atoms with Crippen molar-refractivity contribution in [1.29, 1.82) is 0 Å². The summed E-state index contributed by atoms with van der Waals surface area (Å²) in [6.07, 6.45) is 5.29. The van der Waals surface area contributed by atoms with Crippen molar-refractivity contribution in [2.75, 3.05) is 26.2 Å². The van der Waals surface area contributed by atoms with Gasteiger partial charge in [0.15, 0.2) is 0 Å². The highest BCUT2D eigenvalue weighted by molar-refractivity contribution is 5.81. The molecular formula is C30H41N3O6. The van der Waals surface area contributed by atoms with Crippen LogP contribution in [0.5, 0.6) is 0 Å². The van der Waals surface area contributed by atoms with Gasteiger partial charge in [0, 0.05) is 25.9 Å². The molecule has 0 heterocycles. The van der Waals surface area contributed by atoms with E-state index in [9.17, 15) is 19.2 Å². The number of benzene rings is 2. The summed E-state index contributed by atoms with van der Waals surface area (Å²) in [5.41, 5.74) is 1.93. The molecule has 0 aliphatic carbocycles. The second-order valence-electron chi connectivity index (χ2n) is 9.22. The van der Waals surface area contributed by atoms with Crippen molar-refractivity contribution in [2.45, 2.75) is 64.6 Å². The number of unbranched alkanes of at least 4 members (excludes halogenated alkanes) is 4. The number of hydrogen-bond acceptors (Lipinski definition) is 7. The first-order valence-corrected chi connectivity index (χ1v) is 13.7. The molecule has 212 valence electrons.